The van der Waals surface area contributed by atoms with Crippen LogP contribution in [-0.4, -0.2) is 18.0 Å². The molecular weight excluding hydrogens is 300 g/mol. The van der Waals surface area contributed by atoms with E-state index in [1.54, 1.807) is 11.3 Å². The molecular formula is C17H23ClN2S. The lowest BCUT2D eigenvalue weighted by Gasteiger charge is -2.22. The Morgan fingerprint density at radius 1 is 1.14 bits per heavy atom. The normalized spacial score (nSPS) is 12.6. The van der Waals surface area contributed by atoms with Gasteiger partial charge in [0.05, 0.1) is 10.4 Å². The Labute approximate surface area is 136 Å². The van der Waals surface area contributed by atoms with E-state index in [2.05, 4.69) is 61.3 Å². The lowest BCUT2D eigenvalue weighted by atomic mass is 10.1. The second-order valence-corrected chi connectivity index (χ2v) is 6.87. The van der Waals surface area contributed by atoms with Gasteiger partial charge in [-0.2, -0.15) is 0 Å². The van der Waals surface area contributed by atoms with Crippen molar-refractivity contribution in [2.45, 2.75) is 33.4 Å². The van der Waals surface area contributed by atoms with Gasteiger partial charge in [-0.05, 0) is 43.8 Å². The molecule has 0 amide bonds. The highest BCUT2D eigenvalue weighted by Gasteiger charge is 2.11. The number of nitrogens with zero attached hydrogens (tertiary/aromatic N) is 1. The predicted molar refractivity (Wildman–Crippen MR) is 94.4 cm³/mol. The van der Waals surface area contributed by atoms with Crippen molar-refractivity contribution in [1.82, 2.24) is 4.90 Å². The molecule has 2 aromatic rings. The molecule has 1 aromatic heterocycles. The second-order valence-electron chi connectivity index (χ2n) is 5.13. The van der Waals surface area contributed by atoms with Crippen LogP contribution in [0.15, 0.2) is 36.4 Å². The first-order chi connectivity index (χ1) is 10.1. The number of hydrogen-bond acceptors (Lipinski definition) is 3. The molecule has 2 rings (SSSR count). The van der Waals surface area contributed by atoms with Gasteiger partial charge in [-0.1, -0.05) is 43.6 Å². The molecule has 2 nitrogen and oxygen atoms in total. The number of para-hydroxylation sites is 1. The van der Waals surface area contributed by atoms with Crippen LogP contribution >= 0.6 is 22.9 Å². The van der Waals surface area contributed by atoms with Gasteiger partial charge in [0.2, 0.25) is 0 Å². The Balaban J connectivity index is 2.12. The minimum atomic E-state index is 0.264. The summed E-state index contributed by atoms with van der Waals surface area (Å²) in [5.74, 6) is 0. The van der Waals surface area contributed by atoms with Crippen LogP contribution in [0.4, 0.5) is 5.69 Å². The maximum absolute atomic E-state index is 6.03. The third-order valence-electron chi connectivity index (χ3n) is 3.70. The fraction of sp³-hybridized carbons (Fsp3) is 0.412. The highest BCUT2D eigenvalue weighted by atomic mass is 35.5. The van der Waals surface area contributed by atoms with Crippen molar-refractivity contribution in [3.05, 3.63) is 51.2 Å². The Hall–Kier alpha value is -1.03. The van der Waals surface area contributed by atoms with Crippen molar-refractivity contribution < 1.29 is 0 Å². The van der Waals surface area contributed by atoms with Crippen LogP contribution in [0.5, 0.6) is 0 Å². The maximum atomic E-state index is 6.03. The van der Waals surface area contributed by atoms with Crippen molar-refractivity contribution in [2.75, 3.05) is 18.4 Å². The zero-order chi connectivity index (χ0) is 15.2. The lowest BCUT2D eigenvalue weighted by Crippen LogP contribution is -2.23. The topological polar surface area (TPSA) is 15.3 Å². The first-order valence-electron chi connectivity index (χ1n) is 7.46. The maximum Gasteiger partial charge on any atom is 0.0932 e. The molecule has 1 aromatic carbocycles. The van der Waals surface area contributed by atoms with E-state index in [0.717, 1.165) is 24.0 Å². The molecule has 0 saturated heterocycles. The van der Waals surface area contributed by atoms with Crippen LogP contribution in [0.3, 0.4) is 0 Å². The third-order valence-corrected chi connectivity index (χ3v) is 5.11. The Morgan fingerprint density at radius 2 is 1.86 bits per heavy atom. The van der Waals surface area contributed by atoms with E-state index < -0.39 is 0 Å². The number of anilines is 1. The average Bonchev–Trinajstić information content (AvgIpc) is 2.93. The molecule has 21 heavy (non-hydrogen) atoms. The van der Waals surface area contributed by atoms with Gasteiger partial charge in [0.15, 0.2) is 0 Å². The van der Waals surface area contributed by atoms with Crippen LogP contribution in [0.1, 0.15) is 37.3 Å². The Bertz CT molecular complexity index is 563. The zero-order valence-electron chi connectivity index (χ0n) is 12.9. The van der Waals surface area contributed by atoms with Gasteiger partial charge in [-0.25, -0.2) is 0 Å². The molecule has 114 valence electrons. The minimum Gasteiger partial charge on any atom is -0.377 e. The standard InChI is InChI=1S/C17H23ClN2S/c1-4-20(5-2)12-14-8-6-7-9-15(14)19-13(3)16-10-11-17(18)21-16/h6-11,13,19H,4-5,12H2,1-3H3. The van der Waals surface area contributed by atoms with Crippen LogP contribution in [0.25, 0.3) is 0 Å². The van der Waals surface area contributed by atoms with Crippen LogP contribution in [-0.2, 0) is 6.54 Å². The molecule has 0 saturated carbocycles. The monoisotopic (exact) mass is 322 g/mol. The van der Waals surface area contributed by atoms with Crippen LogP contribution < -0.4 is 5.32 Å². The van der Waals surface area contributed by atoms with Crippen molar-refractivity contribution >= 4 is 28.6 Å². The highest BCUT2D eigenvalue weighted by Crippen LogP contribution is 2.30. The summed E-state index contributed by atoms with van der Waals surface area (Å²) < 4.78 is 0.843. The van der Waals surface area contributed by atoms with Gasteiger partial charge in [0.1, 0.15) is 0 Å². The van der Waals surface area contributed by atoms with Gasteiger partial charge in [-0.3, -0.25) is 4.90 Å². The van der Waals surface area contributed by atoms with E-state index in [1.807, 2.05) is 6.07 Å². The van der Waals surface area contributed by atoms with E-state index in [4.69, 9.17) is 11.6 Å². The molecule has 4 heteroatoms. The largest absolute Gasteiger partial charge is 0.377 e. The summed E-state index contributed by atoms with van der Waals surface area (Å²) in [6.07, 6.45) is 0. The fourth-order valence-electron chi connectivity index (χ4n) is 2.35. The molecule has 0 aliphatic rings. The van der Waals surface area contributed by atoms with Crippen LogP contribution in [0.2, 0.25) is 4.34 Å². The number of nitrogens with one attached hydrogen (secondary N) is 1. The molecule has 0 aliphatic carbocycles. The first kappa shape index (κ1) is 16.3. The lowest BCUT2D eigenvalue weighted by molar-refractivity contribution is 0.296. The van der Waals surface area contributed by atoms with Gasteiger partial charge in [-0.15, -0.1) is 11.3 Å². The Morgan fingerprint density at radius 3 is 2.48 bits per heavy atom. The predicted octanol–water partition coefficient (Wildman–Crippen LogP) is 5.42. The second kappa shape index (κ2) is 7.83. The van der Waals surface area contributed by atoms with Crippen molar-refractivity contribution in [3.63, 3.8) is 0 Å². The van der Waals surface area contributed by atoms with Gasteiger partial charge < -0.3 is 5.32 Å². The highest BCUT2D eigenvalue weighted by molar-refractivity contribution is 7.16. The average molecular weight is 323 g/mol. The molecule has 0 radical (unpaired) electrons. The smallest absolute Gasteiger partial charge is 0.0932 e. The van der Waals surface area contributed by atoms with Crippen molar-refractivity contribution in [3.8, 4) is 0 Å². The summed E-state index contributed by atoms with van der Waals surface area (Å²) in [4.78, 5) is 3.69. The molecule has 1 N–H and O–H groups in total. The zero-order valence-corrected chi connectivity index (χ0v) is 14.5. The summed E-state index contributed by atoms with van der Waals surface area (Å²) in [6.45, 7) is 9.71. The number of halogens is 1. The number of rotatable bonds is 7. The minimum absolute atomic E-state index is 0.264. The summed E-state index contributed by atoms with van der Waals surface area (Å²) in [5.41, 5.74) is 2.55. The third kappa shape index (κ3) is 4.47. The summed E-state index contributed by atoms with van der Waals surface area (Å²) in [6, 6.07) is 12.9. The van der Waals surface area contributed by atoms with Gasteiger partial charge in [0, 0.05) is 17.1 Å². The SMILES string of the molecule is CCN(CC)Cc1ccccc1NC(C)c1ccc(Cl)s1. The van der Waals surface area contributed by atoms with Gasteiger partial charge in [0.25, 0.3) is 0 Å². The van der Waals surface area contributed by atoms with E-state index in [-0.39, 0.29) is 6.04 Å². The van der Waals surface area contributed by atoms with E-state index in [9.17, 15) is 0 Å². The quantitative estimate of drug-likeness (QED) is 0.732. The van der Waals surface area contributed by atoms with E-state index in [0.29, 0.717) is 0 Å². The molecule has 0 bridgehead atoms. The van der Waals surface area contributed by atoms with Crippen molar-refractivity contribution in [2.24, 2.45) is 0 Å². The fourth-order valence-corrected chi connectivity index (χ4v) is 3.42. The van der Waals surface area contributed by atoms with Crippen LogP contribution in [0, 0.1) is 0 Å². The number of benzene rings is 1. The molecule has 0 aliphatic heterocycles. The summed E-state index contributed by atoms with van der Waals surface area (Å²) >= 11 is 7.67. The number of hydrogen-bond donors (Lipinski definition) is 1. The first-order valence-corrected chi connectivity index (χ1v) is 8.65. The summed E-state index contributed by atoms with van der Waals surface area (Å²) in [5, 5.41) is 3.62. The molecule has 1 atom stereocenters. The van der Waals surface area contributed by atoms with Gasteiger partial charge >= 0.3 is 0 Å². The summed E-state index contributed by atoms with van der Waals surface area (Å²) in [7, 11) is 0. The molecule has 0 fully saturated rings. The molecule has 0 spiro atoms. The van der Waals surface area contributed by atoms with E-state index >= 15 is 0 Å². The van der Waals surface area contributed by atoms with E-state index in [1.165, 1.54) is 16.1 Å². The Kier molecular flexibility index (Phi) is 6.09. The van der Waals surface area contributed by atoms with Crippen molar-refractivity contribution in [1.29, 1.82) is 0 Å². The number of thiophene rings is 1. The molecule has 1 heterocycles. The molecule has 1 unspecified atom stereocenters.